The van der Waals surface area contributed by atoms with Gasteiger partial charge in [-0.15, -0.1) is 0 Å². The lowest BCUT2D eigenvalue weighted by molar-refractivity contribution is -0.697. The van der Waals surface area contributed by atoms with Gasteiger partial charge in [-0.1, -0.05) is 54.6 Å². The number of hydrogen-bond acceptors (Lipinski definition) is 3. The minimum atomic E-state index is -2.50. The van der Waals surface area contributed by atoms with E-state index in [1.165, 1.54) is 43.4 Å². The molecule has 0 saturated heterocycles. The Kier molecular flexibility index (Phi) is 6.43. The van der Waals surface area contributed by atoms with E-state index in [4.69, 9.17) is 13.3 Å². The van der Waals surface area contributed by atoms with Crippen LogP contribution in [0.25, 0.3) is 44.5 Å². The predicted molar refractivity (Wildman–Crippen MR) is 142 cm³/mol. The molecule has 172 valence electrons. The fraction of sp³-hybridized carbons (Fsp3) is 0.207. The third-order valence-corrected chi connectivity index (χ3v) is 9.53. The first-order valence-electron chi connectivity index (χ1n) is 11.6. The number of aromatic nitrogens is 1. The second-order valence-corrected chi connectivity index (χ2v) is 11.7. The van der Waals surface area contributed by atoms with E-state index in [1.54, 1.807) is 21.3 Å². The average Bonchev–Trinajstić information content (AvgIpc) is 2.89. The Morgan fingerprint density at radius 2 is 1.21 bits per heavy atom. The molecule has 0 radical (unpaired) electrons. The van der Waals surface area contributed by atoms with E-state index in [1.807, 2.05) is 0 Å². The van der Waals surface area contributed by atoms with Crippen LogP contribution in [0.15, 0.2) is 79.1 Å². The zero-order valence-corrected chi connectivity index (χ0v) is 21.0. The van der Waals surface area contributed by atoms with E-state index in [0.717, 1.165) is 19.0 Å². The standard InChI is InChI=1S/C29H30NO3Si/c1-31-34(32-2,33-3)19-5-16-30-17-14-22(15-18-30)8-9-23-20-26-12-10-24-6-4-7-25-11-13-27(21-23)29(26)28(24)25/h4,6-15,17-18,20-21H,5,16,19H2,1-3H3/q+1/b9-8+. The van der Waals surface area contributed by atoms with Crippen LogP contribution in [0.3, 0.4) is 0 Å². The summed E-state index contributed by atoms with van der Waals surface area (Å²) in [6.07, 6.45) is 9.55. The molecule has 0 bridgehead atoms. The number of aryl methyl sites for hydroxylation is 1. The number of nitrogens with zero attached hydrogens (tertiary/aromatic N) is 1. The average molecular weight is 469 g/mol. The molecule has 1 heterocycles. The van der Waals surface area contributed by atoms with Crippen molar-refractivity contribution in [1.82, 2.24) is 0 Å². The van der Waals surface area contributed by atoms with Gasteiger partial charge in [0.1, 0.15) is 6.54 Å². The van der Waals surface area contributed by atoms with Gasteiger partial charge < -0.3 is 13.3 Å². The van der Waals surface area contributed by atoms with Crippen LogP contribution in [0.1, 0.15) is 17.5 Å². The lowest BCUT2D eigenvalue weighted by atomic mass is 9.93. The first-order chi connectivity index (χ1) is 16.6. The molecule has 5 rings (SSSR count). The summed E-state index contributed by atoms with van der Waals surface area (Å²) in [6.45, 7) is 0.894. The molecule has 0 unspecified atom stereocenters. The molecular formula is C29H30NO3Si+. The maximum Gasteiger partial charge on any atom is 0.500 e. The van der Waals surface area contributed by atoms with Crippen molar-refractivity contribution in [1.29, 1.82) is 0 Å². The molecule has 0 spiro atoms. The molecule has 0 N–H and O–H groups in total. The van der Waals surface area contributed by atoms with E-state index in [0.29, 0.717) is 0 Å². The molecule has 0 saturated carbocycles. The molecule has 4 aromatic carbocycles. The summed E-state index contributed by atoms with van der Waals surface area (Å²) < 4.78 is 18.7. The van der Waals surface area contributed by atoms with Crippen molar-refractivity contribution >= 4 is 53.3 Å². The summed E-state index contributed by atoms with van der Waals surface area (Å²) in [5, 5.41) is 7.90. The van der Waals surface area contributed by atoms with Gasteiger partial charge in [-0.25, -0.2) is 4.57 Å². The van der Waals surface area contributed by atoms with Gasteiger partial charge in [-0.05, 0) is 55.6 Å². The second-order valence-electron chi connectivity index (χ2n) is 8.65. The van der Waals surface area contributed by atoms with Crippen molar-refractivity contribution in [2.45, 2.75) is 19.0 Å². The van der Waals surface area contributed by atoms with Gasteiger partial charge in [-0.3, -0.25) is 0 Å². The first kappa shape index (κ1) is 22.7. The Labute approximate surface area is 201 Å². The maximum atomic E-state index is 5.51. The lowest BCUT2D eigenvalue weighted by Crippen LogP contribution is -2.44. The van der Waals surface area contributed by atoms with Crippen LogP contribution in [0.5, 0.6) is 0 Å². The normalized spacial score (nSPS) is 12.6. The van der Waals surface area contributed by atoms with Crippen LogP contribution >= 0.6 is 0 Å². The maximum absolute atomic E-state index is 5.51. The Hall–Kier alpha value is -3.09. The van der Waals surface area contributed by atoms with Gasteiger partial charge >= 0.3 is 8.80 Å². The van der Waals surface area contributed by atoms with Crippen molar-refractivity contribution in [3.05, 3.63) is 90.3 Å². The molecule has 0 aliphatic carbocycles. The van der Waals surface area contributed by atoms with Crippen LogP contribution in [-0.4, -0.2) is 30.1 Å². The van der Waals surface area contributed by atoms with Gasteiger partial charge in [0.25, 0.3) is 0 Å². The molecule has 0 aliphatic heterocycles. The highest BCUT2D eigenvalue weighted by Gasteiger charge is 2.37. The smallest absolute Gasteiger partial charge is 0.377 e. The van der Waals surface area contributed by atoms with E-state index in [-0.39, 0.29) is 0 Å². The minimum absolute atomic E-state index is 0.792. The Balaban J connectivity index is 1.31. The van der Waals surface area contributed by atoms with Gasteiger partial charge in [0.2, 0.25) is 0 Å². The van der Waals surface area contributed by atoms with E-state index in [2.05, 4.69) is 95.8 Å². The van der Waals surface area contributed by atoms with Gasteiger partial charge in [0.15, 0.2) is 12.4 Å². The van der Waals surface area contributed by atoms with Crippen LogP contribution in [-0.2, 0) is 19.8 Å². The van der Waals surface area contributed by atoms with Crippen molar-refractivity contribution < 1.29 is 17.8 Å². The molecule has 0 atom stereocenters. The molecule has 34 heavy (non-hydrogen) atoms. The molecule has 0 fully saturated rings. The van der Waals surface area contributed by atoms with Crippen molar-refractivity contribution in [3.63, 3.8) is 0 Å². The largest absolute Gasteiger partial charge is 0.500 e. The van der Waals surface area contributed by atoms with Crippen LogP contribution < -0.4 is 4.57 Å². The molecule has 4 nitrogen and oxygen atoms in total. The first-order valence-corrected chi connectivity index (χ1v) is 13.6. The van der Waals surface area contributed by atoms with Crippen molar-refractivity contribution in [3.8, 4) is 0 Å². The zero-order chi connectivity index (χ0) is 23.5. The molecule has 5 heteroatoms. The molecule has 5 aromatic rings. The predicted octanol–water partition coefficient (Wildman–Crippen LogP) is 6.31. The number of benzene rings is 4. The summed E-state index contributed by atoms with van der Waals surface area (Å²) in [7, 11) is 2.48. The highest BCUT2D eigenvalue weighted by molar-refractivity contribution is 6.60. The topological polar surface area (TPSA) is 31.6 Å². The van der Waals surface area contributed by atoms with Crippen LogP contribution in [0, 0.1) is 0 Å². The highest BCUT2D eigenvalue weighted by Crippen LogP contribution is 2.35. The number of rotatable bonds is 9. The quantitative estimate of drug-likeness (QED) is 0.144. The Morgan fingerprint density at radius 1 is 0.676 bits per heavy atom. The summed E-state index contributed by atoms with van der Waals surface area (Å²) in [5.74, 6) is 0. The third-order valence-electron chi connectivity index (χ3n) is 6.70. The van der Waals surface area contributed by atoms with E-state index >= 15 is 0 Å². The molecule has 1 aromatic heterocycles. The van der Waals surface area contributed by atoms with Gasteiger partial charge in [0, 0.05) is 45.9 Å². The fourth-order valence-electron chi connectivity index (χ4n) is 4.83. The number of pyridine rings is 1. The van der Waals surface area contributed by atoms with E-state index < -0.39 is 8.80 Å². The summed E-state index contributed by atoms with van der Waals surface area (Å²) >= 11 is 0. The molecular weight excluding hydrogens is 438 g/mol. The minimum Gasteiger partial charge on any atom is -0.377 e. The Morgan fingerprint density at radius 3 is 1.79 bits per heavy atom. The Bertz CT molecular complexity index is 1370. The highest BCUT2D eigenvalue weighted by atomic mass is 28.4. The second kappa shape index (κ2) is 9.64. The fourth-order valence-corrected chi connectivity index (χ4v) is 6.53. The molecule has 0 aliphatic rings. The molecule has 0 amide bonds. The number of hydrogen-bond donors (Lipinski definition) is 0. The van der Waals surface area contributed by atoms with E-state index in [9.17, 15) is 0 Å². The van der Waals surface area contributed by atoms with Crippen LogP contribution in [0.2, 0.25) is 6.04 Å². The van der Waals surface area contributed by atoms with Crippen LogP contribution in [0.4, 0.5) is 0 Å². The monoisotopic (exact) mass is 468 g/mol. The van der Waals surface area contributed by atoms with Crippen molar-refractivity contribution in [2.24, 2.45) is 0 Å². The summed E-state index contributed by atoms with van der Waals surface area (Å²) in [6, 6.07) is 25.1. The summed E-state index contributed by atoms with van der Waals surface area (Å²) in [4.78, 5) is 0. The zero-order valence-electron chi connectivity index (χ0n) is 20.0. The van der Waals surface area contributed by atoms with Gasteiger partial charge in [-0.2, -0.15) is 0 Å². The SMILES string of the molecule is CO[Si](CCC[n+]1ccc(/C=C/c2cc3ccc4cccc5ccc(c2)c3c45)cc1)(OC)OC. The lowest BCUT2D eigenvalue weighted by Gasteiger charge is -2.23. The summed E-state index contributed by atoms with van der Waals surface area (Å²) in [5.41, 5.74) is 2.39. The third kappa shape index (κ3) is 4.35. The van der Waals surface area contributed by atoms with Gasteiger partial charge in [0.05, 0.1) is 0 Å². The van der Waals surface area contributed by atoms with Crippen molar-refractivity contribution in [2.75, 3.05) is 21.3 Å².